The van der Waals surface area contributed by atoms with Crippen molar-refractivity contribution in [3.05, 3.63) is 77.7 Å². The minimum Gasteiger partial charge on any atom is -0.455 e. The van der Waals surface area contributed by atoms with Crippen molar-refractivity contribution in [2.45, 2.75) is 39.5 Å². The number of benzene rings is 3. The van der Waals surface area contributed by atoms with Gasteiger partial charge >= 0.3 is 0 Å². The smallest absolute Gasteiger partial charge is 0.149 e. The van der Waals surface area contributed by atoms with Gasteiger partial charge in [0.1, 0.15) is 17.0 Å². The highest BCUT2D eigenvalue weighted by molar-refractivity contribution is 6.11. The lowest BCUT2D eigenvalue weighted by molar-refractivity contribution is 0.630. The highest BCUT2D eigenvalue weighted by Gasteiger charge is 2.18. The molecule has 0 spiro atoms. The van der Waals surface area contributed by atoms with Crippen LogP contribution in [0.1, 0.15) is 43.7 Å². The van der Waals surface area contributed by atoms with Crippen LogP contribution in [0.25, 0.3) is 44.0 Å². The number of furan rings is 1. The SMILES string of the molecule is CCC(CC)c1ccc2c(-c3cc(C)cc4c3oc3ccccc34)ncc(F)c2c1. The van der Waals surface area contributed by atoms with Crippen LogP contribution in [-0.2, 0) is 0 Å². The first-order chi connectivity index (χ1) is 14.6. The molecule has 5 aromatic rings. The van der Waals surface area contributed by atoms with Crippen LogP contribution in [0, 0.1) is 12.7 Å². The lowest BCUT2D eigenvalue weighted by atomic mass is 9.91. The van der Waals surface area contributed by atoms with Crippen molar-refractivity contribution in [2.24, 2.45) is 0 Å². The van der Waals surface area contributed by atoms with Gasteiger partial charge in [-0.3, -0.25) is 4.98 Å². The third-order valence-electron chi connectivity index (χ3n) is 6.20. The molecular weight excluding hydrogens is 373 g/mol. The van der Waals surface area contributed by atoms with Gasteiger partial charge in [-0.2, -0.15) is 0 Å². The van der Waals surface area contributed by atoms with Crippen LogP contribution in [-0.4, -0.2) is 4.98 Å². The summed E-state index contributed by atoms with van der Waals surface area (Å²) in [6.07, 6.45) is 3.42. The van der Waals surface area contributed by atoms with Gasteiger partial charge in [0.15, 0.2) is 0 Å². The van der Waals surface area contributed by atoms with Crippen LogP contribution in [0.2, 0.25) is 0 Å². The zero-order valence-corrected chi connectivity index (χ0v) is 17.5. The van der Waals surface area contributed by atoms with Gasteiger partial charge in [0.25, 0.3) is 0 Å². The Bertz CT molecular complexity index is 1390. The van der Waals surface area contributed by atoms with Gasteiger partial charge in [-0.25, -0.2) is 4.39 Å². The topological polar surface area (TPSA) is 26.0 Å². The highest BCUT2D eigenvalue weighted by Crippen LogP contribution is 2.39. The summed E-state index contributed by atoms with van der Waals surface area (Å²) in [5, 5.41) is 3.58. The standard InChI is InChI=1S/C27H24FNO/c1-4-17(5-2)18-10-11-20-21(14-18)24(28)15-29-26(20)23-13-16(3)12-22-19-8-6-7-9-25(19)30-27(22)23/h6-15,17H,4-5H2,1-3H3. The second-order valence-electron chi connectivity index (χ2n) is 8.06. The van der Waals surface area contributed by atoms with Gasteiger partial charge < -0.3 is 4.42 Å². The minimum atomic E-state index is -0.282. The van der Waals surface area contributed by atoms with Gasteiger partial charge in [-0.05, 0) is 61.1 Å². The number of fused-ring (bicyclic) bond motifs is 4. The van der Waals surface area contributed by atoms with Crippen molar-refractivity contribution in [2.75, 3.05) is 0 Å². The molecule has 0 amide bonds. The summed E-state index contributed by atoms with van der Waals surface area (Å²) in [6.45, 7) is 6.43. The van der Waals surface area contributed by atoms with Crippen LogP contribution in [0.15, 0.2) is 65.2 Å². The zero-order valence-electron chi connectivity index (χ0n) is 17.5. The molecule has 0 aliphatic carbocycles. The van der Waals surface area contributed by atoms with E-state index in [2.05, 4.69) is 50.0 Å². The summed E-state index contributed by atoms with van der Waals surface area (Å²) < 4.78 is 21.0. The van der Waals surface area contributed by atoms with Gasteiger partial charge in [-0.1, -0.05) is 44.2 Å². The van der Waals surface area contributed by atoms with Crippen molar-refractivity contribution in [3.63, 3.8) is 0 Å². The minimum absolute atomic E-state index is 0.282. The van der Waals surface area contributed by atoms with Crippen molar-refractivity contribution < 1.29 is 8.81 Å². The molecule has 0 N–H and O–H groups in total. The van der Waals surface area contributed by atoms with Crippen molar-refractivity contribution in [3.8, 4) is 11.3 Å². The summed E-state index contributed by atoms with van der Waals surface area (Å²) in [5.41, 5.74) is 5.61. The first-order valence-electron chi connectivity index (χ1n) is 10.6. The molecule has 0 unspecified atom stereocenters. The lowest BCUT2D eigenvalue weighted by Crippen LogP contribution is -1.97. The summed E-state index contributed by atoms with van der Waals surface area (Å²) in [4.78, 5) is 4.52. The van der Waals surface area contributed by atoms with Gasteiger partial charge in [-0.15, -0.1) is 0 Å². The lowest BCUT2D eigenvalue weighted by Gasteiger charge is -2.15. The molecule has 0 radical (unpaired) electrons. The van der Waals surface area contributed by atoms with E-state index in [1.165, 1.54) is 11.8 Å². The number of halogens is 1. The first-order valence-corrected chi connectivity index (χ1v) is 10.6. The second-order valence-corrected chi connectivity index (χ2v) is 8.06. The van der Waals surface area contributed by atoms with Crippen LogP contribution in [0.3, 0.4) is 0 Å². The van der Waals surface area contributed by atoms with E-state index in [9.17, 15) is 4.39 Å². The van der Waals surface area contributed by atoms with Crippen molar-refractivity contribution in [1.29, 1.82) is 0 Å². The second kappa shape index (κ2) is 7.24. The number of nitrogens with zero attached hydrogens (tertiary/aromatic N) is 1. The average Bonchev–Trinajstić information content (AvgIpc) is 3.13. The highest BCUT2D eigenvalue weighted by atomic mass is 19.1. The maximum absolute atomic E-state index is 14.8. The number of hydrogen-bond donors (Lipinski definition) is 0. The fourth-order valence-corrected chi connectivity index (χ4v) is 4.60. The average molecular weight is 397 g/mol. The Labute approximate surface area is 175 Å². The van der Waals surface area contributed by atoms with E-state index < -0.39 is 0 Å². The largest absolute Gasteiger partial charge is 0.455 e. The molecule has 0 aliphatic heterocycles. The normalized spacial score (nSPS) is 11.9. The summed E-state index contributed by atoms with van der Waals surface area (Å²) in [5.74, 6) is 0.154. The number of para-hydroxylation sites is 1. The first kappa shape index (κ1) is 18.8. The van der Waals surface area contributed by atoms with Crippen LogP contribution in [0.4, 0.5) is 4.39 Å². The molecule has 150 valence electrons. The fourth-order valence-electron chi connectivity index (χ4n) is 4.60. The Kier molecular flexibility index (Phi) is 4.54. The molecule has 0 saturated heterocycles. The number of aryl methyl sites for hydroxylation is 1. The maximum atomic E-state index is 14.8. The molecule has 2 aromatic heterocycles. The molecule has 0 saturated carbocycles. The molecule has 3 heteroatoms. The van der Waals surface area contributed by atoms with E-state index in [1.54, 1.807) is 0 Å². The molecule has 2 nitrogen and oxygen atoms in total. The quantitative estimate of drug-likeness (QED) is 0.306. The Morgan fingerprint density at radius 2 is 1.70 bits per heavy atom. The van der Waals surface area contributed by atoms with Crippen molar-refractivity contribution in [1.82, 2.24) is 4.98 Å². The molecule has 0 aliphatic rings. The molecule has 30 heavy (non-hydrogen) atoms. The monoisotopic (exact) mass is 397 g/mol. The van der Waals surface area contributed by atoms with Gasteiger partial charge in [0.05, 0.1) is 11.9 Å². The van der Waals surface area contributed by atoms with E-state index in [-0.39, 0.29) is 5.82 Å². The van der Waals surface area contributed by atoms with Gasteiger partial charge in [0, 0.05) is 27.1 Å². The number of rotatable bonds is 4. The zero-order chi connectivity index (χ0) is 20.8. The van der Waals surface area contributed by atoms with Crippen LogP contribution in [0.5, 0.6) is 0 Å². The van der Waals surface area contributed by atoms with E-state index in [0.717, 1.165) is 57.0 Å². The third-order valence-corrected chi connectivity index (χ3v) is 6.20. The Morgan fingerprint density at radius 3 is 2.50 bits per heavy atom. The van der Waals surface area contributed by atoms with E-state index in [4.69, 9.17) is 4.42 Å². The molecular formula is C27H24FNO. The number of aromatic nitrogens is 1. The summed E-state index contributed by atoms with van der Waals surface area (Å²) in [7, 11) is 0. The molecule has 5 rings (SSSR count). The fraction of sp³-hybridized carbons (Fsp3) is 0.222. The predicted molar refractivity (Wildman–Crippen MR) is 122 cm³/mol. The van der Waals surface area contributed by atoms with E-state index in [0.29, 0.717) is 11.3 Å². The number of pyridine rings is 1. The predicted octanol–water partition coefficient (Wildman–Crippen LogP) is 8.15. The maximum Gasteiger partial charge on any atom is 0.149 e. The third kappa shape index (κ3) is 2.88. The Hall–Kier alpha value is -3.20. The van der Waals surface area contributed by atoms with E-state index in [1.807, 2.05) is 30.3 Å². The summed E-state index contributed by atoms with van der Waals surface area (Å²) >= 11 is 0. The van der Waals surface area contributed by atoms with E-state index >= 15 is 0 Å². The van der Waals surface area contributed by atoms with Gasteiger partial charge in [0.2, 0.25) is 0 Å². The van der Waals surface area contributed by atoms with Crippen molar-refractivity contribution >= 4 is 32.7 Å². The Morgan fingerprint density at radius 1 is 0.900 bits per heavy atom. The van der Waals surface area contributed by atoms with Crippen LogP contribution >= 0.6 is 0 Å². The molecule has 0 bridgehead atoms. The molecule has 0 fully saturated rings. The number of hydrogen-bond acceptors (Lipinski definition) is 2. The molecule has 3 aromatic carbocycles. The Balaban J connectivity index is 1.81. The summed E-state index contributed by atoms with van der Waals surface area (Å²) in [6, 6.07) is 18.4. The molecule has 0 atom stereocenters. The van der Waals surface area contributed by atoms with Crippen LogP contribution < -0.4 is 0 Å². The molecule has 2 heterocycles.